The van der Waals surface area contributed by atoms with E-state index in [0.29, 0.717) is 13.0 Å². The Bertz CT molecular complexity index is 624. The molecule has 0 heterocycles. The predicted octanol–water partition coefficient (Wildman–Crippen LogP) is 2.95. The van der Waals surface area contributed by atoms with Crippen molar-refractivity contribution in [3.05, 3.63) is 65.2 Å². The summed E-state index contributed by atoms with van der Waals surface area (Å²) in [5, 5.41) is 2.63. The Hall–Kier alpha value is -2.43. The minimum absolute atomic E-state index is 0.0295. The van der Waals surface area contributed by atoms with Crippen LogP contribution in [0.3, 0.4) is 0 Å². The third-order valence-corrected chi connectivity index (χ3v) is 2.96. The lowest BCUT2D eigenvalue weighted by atomic mass is 10.1. The van der Waals surface area contributed by atoms with Crippen molar-refractivity contribution in [1.82, 2.24) is 5.32 Å². The third kappa shape index (κ3) is 4.27. The summed E-state index contributed by atoms with van der Waals surface area (Å²) in [6.07, 6.45) is 0.598. The van der Waals surface area contributed by atoms with Crippen LogP contribution in [0.15, 0.2) is 42.5 Å². The lowest BCUT2D eigenvalue weighted by Crippen LogP contribution is -2.25. The van der Waals surface area contributed by atoms with Crippen LogP contribution in [-0.4, -0.2) is 19.6 Å². The largest absolute Gasteiger partial charge is 0.497 e. The minimum Gasteiger partial charge on any atom is -0.497 e. The Balaban J connectivity index is 1.92. The zero-order chi connectivity index (χ0) is 15.2. The minimum atomic E-state index is -0.770. The van der Waals surface area contributed by atoms with E-state index in [0.717, 1.165) is 29.5 Å². The highest BCUT2D eigenvalue weighted by Crippen LogP contribution is 2.13. The van der Waals surface area contributed by atoms with Crippen molar-refractivity contribution in [3.63, 3.8) is 0 Å². The number of benzene rings is 2. The van der Waals surface area contributed by atoms with Gasteiger partial charge in [-0.3, -0.25) is 4.79 Å². The van der Waals surface area contributed by atoms with Crippen molar-refractivity contribution >= 4 is 5.91 Å². The molecule has 0 radical (unpaired) electrons. The zero-order valence-corrected chi connectivity index (χ0v) is 11.5. The molecule has 1 N–H and O–H groups in total. The van der Waals surface area contributed by atoms with E-state index in [4.69, 9.17) is 4.74 Å². The van der Waals surface area contributed by atoms with Crippen molar-refractivity contribution in [1.29, 1.82) is 0 Å². The molecule has 0 unspecified atom stereocenters. The van der Waals surface area contributed by atoms with E-state index in [9.17, 15) is 13.6 Å². The normalized spacial score (nSPS) is 10.2. The molecule has 3 nitrogen and oxygen atoms in total. The van der Waals surface area contributed by atoms with Gasteiger partial charge in [0.25, 0.3) is 5.91 Å². The quantitative estimate of drug-likeness (QED) is 0.920. The molecule has 0 bridgehead atoms. The van der Waals surface area contributed by atoms with Crippen LogP contribution < -0.4 is 10.1 Å². The Morgan fingerprint density at radius 1 is 1.14 bits per heavy atom. The fourth-order valence-electron chi connectivity index (χ4n) is 1.94. The number of ether oxygens (including phenoxy) is 1. The molecule has 0 aliphatic heterocycles. The number of nitrogens with one attached hydrogen (secondary N) is 1. The van der Waals surface area contributed by atoms with Crippen molar-refractivity contribution in [3.8, 4) is 5.75 Å². The number of methoxy groups -OCH3 is 1. The SMILES string of the molecule is COc1cccc(CCNC(=O)c2cc(F)cc(F)c2)c1. The summed E-state index contributed by atoms with van der Waals surface area (Å²) in [4.78, 5) is 11.8. The Morgan fingerprint density at radius 2 is 1.86 bits per heavy atom. The van der Waals surface area contributed by atoms with Gasteiger partial charge in [0, 0.05) is 18.2 Å². The molecule has 0 atom stereocenters. The number of carbonyl (C=O) groups is 1. The second-order valence-corrected chi connectivity index (χ2v) is 4.52. The van der Waals surface area contributed by atoms with Crippen LogP contribution in [0.1, 0.15) is 15.9 Å². The zero-order valence-electron chi connectivity index (χ0n) is 11.5. The first-order chi connectivity index (χ1) is 10.1. The van der Waals surface area contributed by atoms with E-state index >= 15 is 0 Å². The molecule has 0 aromatic heterocycles. The molecule has 5 heteroatoms. The van der Waals surface area contributed by atoms with Crippen molar-refractivity contribution in [2.24, 2.45) is 0 Å². The number of carbonyl (C=O) groups excluding carboxylic acids is 1. The van der Waals surface area contributed by atoms with E-state index in [1.54, 1.807) is 7.11 Å². The summed E-state index contributed by atoms with van der Waals surface area (Å²) in [5.74, 6) is -1.30. The fourth-order valence-corrected chi connectivity index (χ4v) is 1.94. The topological polar surface area (TPSA) is 38.3 Å². The van der Waals surface area contributed by atoms with Gasteiger partial charge in [-0.2, -0.15) is 0 Å². The second-order valence-electron chi connectivity index (χ2n) is 4.52. The summed E-state index contributed by atoms with van der Waals surface area (Å²) in [6.45, 7) is 0.365. The molecule has 0 saturated carbocycles. The lowest BCUT2D eigenvalue weighted by Gasteiger charge is -2.07. The summed E-state index contributed by atoms with van der Waals surface area (Å²) in [7, 11) is 1.58. The smallest absolute Gasteiger partial charge is 0.251 e. The van der Waals surface area contributed by atoms with Crippen LogP contribution in [0.5, 0.6) is 5.75 Å². The van der Waals surface area contributed by atoms with E-state index < -0.39 is 17.5 Å². The molecular weight excluding hydrogens is 276 g/mol. The number of halogens is 2. The molecule has 2 aromatic carbocycles. The monoisotopic (exact) mass is 291 g/mol. The molecule has 1 amide bonds. The number of hydrogen-bond donors (Lipinski definition) is 1. The van der Waals surface area contributed by atoms with Gasteiger partial charge < -0.3 is 10.1 Å². The van der Waals surface area contributed by atoms with Crippen molar-refractivity contribution in [2.75, 3.05) is 13.7 Å². The predicted molar refractivity (Wildman–Crippen MR) is 75.4 cm³/mol. The molecule has 0 saturated heterocycles. The average molecular weight is 291 g/mol. The highest BCUT2D eigenvalue weighted by Gasteiger charge is 2.08. The van der Waals surface area contributed by atoms with Gasteiger partial charge in [-0.25, -0.2) is 8.78 Å². The summed E-state index contributed by atoms with van der Waals surface area (Å²) in [6, 6.07) is 10.2. The highest BCUT2D eigenvalue weighted by molar-refractivity contribution is 5.94. The first-order valence-electron chi connectivity index (χ1n) is 6.45. The molecule has 0 aliphatic carbocycles. The first kappa shape index (κ1) is 15.0. The number of amides is 1. The maximum absolute atomic E-state index is 13.0. The van der Waals surface area contributed by atoms with Crippen LogP contribution in [0.2, 0.25) is 0 Å². The Labute approximate surface area is 121 Å². The average Bonchev–Trinajstić information content (AvgIpc) is 2.46. The van der Waals surface area contributed by atoms with Gasteiger partial charge in [-0.15, -0.1) is 0 Å². The summed E-state index contributed by atoms with van der Waals surface area (Å²) < 4.78 is 31.2. The maximum Gasteiger partial charge on any atom is 0.251 e. The van der Waals surface area contributed by atoms with E-state index in [1.807, 2.05) is 24.3 Å². The summed E-state index contributed by atoms with van der Waals surface area (Å²) in [5.41, 5.74) is 0.971. The molecular formula is C16H15F2NO2. The standard InChI is InChI=1S/C16H15F2NO2/c1-21-15-4-2-3-11(7-15)5-6-19-16(20)12-8-13(17)10-14(18)9-12/h2-4,7-10H,5-6H2,1H3,(H,19,20). The van der Waals surface area contributed by atoms with Crippen molar-refractivity contribution in [2.45, 2.75) is 6.42 Å². The van der Waals surface area contributed by atoms with Gasteiger partial charge >= 0.3 is 0 Å². The molecule has 0 aliphatic rings. The van der Waals surface area contributed by atoms with Crippen molar-refractivity contribution < 1.29 is 18.3 Å². The summed E-state index contributed by atoms with van der Waals surface area (Å²) >= 11 is 0. The molecule has 110 valence electrons. The second kappa shape index (κ2) is 6.83. The maximum atomic E-state index is 13.0. The van der Waals surface area contributed by atoms with Crippen LogP contribution in [-0.2, 0) is 6.42 Å². The van der Waals surface area contributed by atoms with Gasteiger partial charge in [-0.05, 0) is 36.2 Å². The number of hydrogen-bond acceptors (Lipinski definition) is 2. The van der Waals surface area contributed by atoms with Gasteiger partial charge in [0.05, 0.1) is 7.11 Å². The molecule has 2 rings (SSSR count). The lowest BCUT2D eigenvalue weighted by molar-refractivity contribution is 0.0953. The van der Waals surface area contributed by atoms with E-state index in [2.05, 4.69) is 5.32 Å². The van der Waals surface area contributed by atoms with Gasteiger partial charge in [0.15, 0.2) is 0 Å². The van der Waals surface area contributed by atoms with Crippen LogP contribution in [0, 0.1) is 11.6 Å². The van der Waals surface area contributed by atoms with Crippen LogP contribution in [0.25, 0.3) is 0 Å². The van der Waals surface area contributed by atoms with Gasteiger partial charge in [-0.1, -0.05) is 12.1 Å². The highest BCUT2D eigenvalue weighted by atomic mass is 19.1. The van der Waals surface area contributed by atoms with E-state index in [-0.39, 0.29) is 5.56 Å². The van der Waals surface area contributed by atoms with Crippen LogP contribution >= 0.6 is 0 Å². The third-order valence-electron chi connectivity index (χ3n) is 2.96. The Morgan fingerprint density at radius 3 is 2.52 bits per heavy atom. The molecule has 0 fully saturated rings. The van der Waals surface area contributed by atoms with Gasteiger partial charge in [0.2, 0.25) is 0 Å². The number of rotatable bonds is 5. The molecule has 2 aromatic rings. The fraction of sp³-hybridized carbons (Fsp3) is 0.188. The van der Waals surface area contributed by atoms with Crippen LogP contribution in [0.4, 0.5) is 8.78 Å². The first-order valence-corrected chi connectivity index (χ1v) is 6.45. The molecule has 21 heavy (non-hydrogen) atoms. The molecule has 0 spiro atoms. The van der Waals surface area contributed by atoms with E-state index in [1.165, 1.54) is 0 Å². The Kier molecular flexibility index (Phi) is 4.87. The van der Waals surface area contributed by atoms with Gasteiger partial charge in [0.1, 0.15) is 17.4 Å².